The SMILES string of the molecule is CC(CCl)C(=O)N[C@H](C)c1ccccc1Br. The molecule has 0 spiro atoms. The fourth-order valence-corrected chi connectivity index (χ4v) is 2.10. The van der Waals surface area contributed by atoms with Gasteiger partial charge in [0, 0.05) is 16.3 Å². The van der Waals surface area contributed by atoms with Gasteiger partial charge >= 0.3 is 0 Å². The lowest BCUT2D eigenvalue weighted by molar-refractivity contribution is -0.124. The Bertz CT molecular complexity index is 370. The van der Waals surface area contributed by atoms with Crippen LogP contribution in [0.5, 0.6) is 0 Å². The summed E-state index contributed by atoms with van der Waals surface area (Å²) in [6.45, 7) is 3.77. The third kappa shape index (κ3) is 3.49. The molecule has 0 aliphatic heterocycles. The van der Waals surface area contributed by atoms with Gasteiger partial charge in [-0.2, -0.15) is 0 Å². The Morgan fingerprint density at radius 3 is 2.62 bits per heavy atom. The zero-order chi connectivity index (χ0) is 12.1. The van der Waals surface area contributed by atoms with Gasteiger partial charge in [0.15, 0.2) is 0 Å². The van der Waals surface area contributed by atoms with Crippen LogP contribution in [0.15, 0.2) is 28.7 Å². The van der Waals surface area contributed by atoms with E-state index in [1.165, 1.54) is 0 Å². The van der Waals surface area contributed by atoms with Gasteiger partial charge in [-0.25, -0.2) is 0 Å². The Morgan fingerprint density at radius 1 is 1.44 bits per heavy atom. The van der Waals surface area contributed by atoms with Crippen molar-refractivity contribution in [2.24, 2.45) is 5.92 Å². The van der Waals surface area contributed by atoms with Crippen LogP contribution in [0.3, 0.4) is 0 Å². The van der Waals surface area contributed by atoms with E-state index in [0.717, 1.165) is 10.0 Å². The number of amides is 1. The van der Waals surface area contributed by atoms with E-state index in [2.05, 4.69) is 21.2 Å². The van der Waals surface area contributed by atoms with Crippen molar-refractivity contribution in [2.75, 3.05) is 5.88 Å². The lowest BCUT2D eigenvalue weighted by atomic mass is 10.1. The minimum absolute atomic E-state index is 0.0155. The second-order valence-electron chi connectivity index (χ2n) is 3.81. The van der Waals surface area contributed by atoms with Crippen molar-refractivity contribution in [3.63, 3.8) is 0 Å². The summed E-state index contributed by atoms with van der Waals surface area (Å²) in [7, 11) is 0. The normalized spacial score (nSPS) is 14.2. The first-order chi connectivity index (χ1) is 7.56. The number of rotatable bonds is 4. The van der Waals surface area contributed by atoms with Crippen molar-refractivity contribution in [2.45, 2.75) is 19.9 Å². The highest BCUT2D eigenvalue weighted by Crippen LogP contribution is 2.22. The van der Waals surface area contributed by atoms with Gasteiger partial charge in [0.2, 0.25) is 5.91 Å². The van der Waals surface area contributed by atoms with E-state index in [0.29, 0.717) is 5.88 Å². The van der Waals surface area contributed by atoms with Gasteiger partial charge in [0.05, 0.1) is 6.04 Å². The van der Waals surface area contributed by atoms with Crippen LogP contribution in [-0.2, 0) is 4.79 Å². The molecule has 1 rings (SSSR count). The molecule has 1 aromatic rings. The fraction of sp³-hybridized carbons (Fsp3) is 0.417. The smallest absolute Gasteiger partial charge is 0.224 e. The van der Waals surface area contributed by atoms with Crippen molar-refractivity contribution in [1.82, 2.24) is 5.32 Å². The molecule has 4 heteroatoms. The predicted octanol–water partition coefficient (Wildman–Crippen LogP) is 3.50. The van der Waals surface area contributed by atoms with Gasteiger partial charge in [0.1, 0.15) is 0 Å². The van der Waals surface area contributed by atoms with E-state index >= 15 is 0 Å². The zero-order valence-electron chi connectivity index (χ0n) is 9.34. The van der Waals surface area contributed by atoms with Gasteiger partial charge < -0.3 is 5.32 Å². The van der Waals surface area contributed by atoms with Crippen molar-refractivity contribution in [3.8, 4) is 0 Å². The lowest BCUT2D eigenvalue weighted by Gasteiger charge is -2.17. The predicted molar refractivity (Wildman–Crippen MR) is 70.6 cm³/mol. The molecule has 0 radical (unpaired) electrons. The molecule has 0 heterocycles. The van der Waals surface area contributed by atoms with E-state index in [1.54, 1.807) is 0 Å². The fourth-order valence-electron chi connectivity index (χ4n) is 1.33. The van der Waals surface area contributed by atoms with Gasteiger partial charge in [-0.1, -0.05) is 41.1 Å². The number of hydrogen-bond donors (Lipinski definition) is 1. The van der Waals surface area contributed by atoms with E-state index in [9.17, 15) is 4.79 Å². The molecule has 0 fully saturated rings. The molecular weight excluding hydrogens is 289 g/mol. The van der Waals surface area contributed by atoms with Crippen molar-refractivity contribution in [1.29, 1.82) is 0 Å². The summed E-state index contributed by atoms with van der Waals surface area (Å²) in [4.78, 5) is 11.7. The van der Waals surface area contributed by atoms with Crippen molar-refractivity contribution in [3.05, 3.63) is 34.3 Å². The number of benzene rings is 1. The molecule has 2 atom stereocenters. The number of carbonyl (C=O) groups excluding carboxylic acids is 1. The maximum Gasteiger partial charge on any atom is 0.224 e. The lowest BCUT2D eigenvalue weighted by Crippen LogP contribution is -2.32. The first-order valence-corrected chi connectivity index (χ1v) is 6.49. The quantitative estimate of drug-likeness (QED) is 0.848. The van der Waals surface area contributed by atoms with Crippen LogP contribution in [0.2, 0.25) is 0 Å². The van der Waals surface area contributed by atoms with E-state index < -0.39 is 0 Å². The molecule has 1 amide bonds. The summed E-state index contributed by atoms with van der Waals surface area (Å²) in [5.74, 6) is 0.166. The second-order valence-corrected chi connectivity index (χ2v) is 4.97. The van der Waals surface area contributed by atoms with Crippen LogP contribution in [-0.4, -0.2) is 11.8 Å². The third-order valence-electron chi connectivity index (χ3n) is 2.41. The molecule has 0 aliphatic rings. The molecule has 1 aromatic carbocycles. The van der Waals surface area contributed by atoms with E-state index in [4.69, 9.17) is 11.6 Å². The number of carbonyl (C=O) groups is 1. The Morgan fingerprint density at radius 2 is 2.06 bits per heavy atom. The first-order valence-electron chi connectivity index (χ1n) is 5.17. The van der Waals surface area contributed by atoms with Gasteiger partial charge in [-0.05, 0) is 18.6 Å². The molecule has 1 N–H and O–H groups in total. The summed E-state index contributed by atoms with van der Waals surface area (Å²) in [6, 6.07) is 7.83. The number of halogens is 2. The van der Waals surface area contributed by atoms with Crippen LogP contribution in [0.1, 0.15) is 25.5 Å². The highest BCUT2D eigenvalue weighted by Gasteiger charge is 2.16. The number of hydrogen-bond acceptors (Lipinski definition) is 1. The summed E-state index contributed by atoms with van der Waals surface area (Å²) < 4.78 is 1.00. The monoisotopic (exact) mass is 303 g/mol. The molecule has 1 unspecified atom stereocenters. The Kier molecular flexibility index (Phi) is 5.29. The number of nitrogens with one attached hydrogen (secondary N) is 1. The minimum Gasteiger partial charge on any atom is -0.349 e. The maximum absolute atomic E-state index is 11.7. The average molecular weight is 305 g/mol. The molecule has 0 aliphatic carbocycles. The molecule has 2 nitrogen and oxygen atoms in total. The standard InChI is InChI=1S/C12H15BrClNO/c1-8(7-14)12(16)15-9(2)10-5-3-4-6-11(10)13/h3-6,8-9H,7H2,1-2H3,(H,15,16)/t8?,9-/m1/s1. The summed E-state index contributed by atoms with van der Waals surface area (Å²) in [6.07, 6.45) is 0. The topological polar surface area (TPSA) is 29.1 Å². The molecular formula is C12H15BrClNO. The third-order valence-corrected chi connectivity index (χ3v) is 3.59. The van der Waals surface area contributed by atoms with Crippen molar-refractivity contribution < 1.29 is 4.79 Å². The summed E-state index contributed by atoms with van der Waals surface area (Å²) in [5.41, 5.74) is 1.07. The number of alkyl halides is 1. The summed E-state index contributed by atoms with van der Waals surface area (Å²) >= 11 is 9.10. The molecule has 0 aromatic heterocycles. The molecule has 16 heavy (non-hydrogen) atoms. The average Bonchev–Trinajstić information content (AvgIpc) is 2.28. The van der Waals surface area contributed by atoms with Crippen molar-refractivity contribution >= 4 is 33.4 Å². The molecule has 0 saturated heterocycles. The Labute approximate surface area is 110 Å². The van der Waals surface area contributed by atoms with Gasteiger partial charge in [-0.3, -0.25) is 4.79 Å². The second kappa shape index (κ2) is 6.26. The van der Waals surface area contributed by atoms with Crippen LogP contribution in [0, 0.1) is 5.92 Å². The molecule has 0 saturated carbocycles. The van der Waals surface area contributed by atoms with Crippen LogP contribution < -0.4 is 5.32 Å². The minimum atomic E-state index is -0.161. The Hall–Kier alpha value is -0.540. The van der Waals surface area contributed by atoms with E-state index in [-0.39, 0.29) is 17.9 Å². The van der Waals surface area contributed by atoms with Crippen LogP contribution in [0.25, 0.3) is 0 Å². The van der Waals surface area contributed by atoms with Gasteiger partial charge in [-0.15, -0.1) is 11.6 Å². The van der Waals surface area contributed by atoms with E-state index in [1.807, 2.05) is 38.1 Å². The highest BCUT2D eigenvalue weighted by molar-refractivity contribution is 9.10. The molecule has 88 valence electrons. The highest BCUT2D eigenvalue weighted by atomic mass is 79.9. The summed E-state index contributed by atoms with van der Waals surface area (Å²) in [5, 5.41) is 2.93. The van der Waals surface area contributed by atoms with Crippen LogP contribution >= 0.6 is 27.5 Å². The first kappa shape index (κ1) is 13.5. The zero-order valence-corrected chi connectivity index (χ0v) is 11.7. The molecule has 0 bridgehead atoms. The largest absolute Gasteiger partial charge is 0.349 e. The van der Waals surface area contributed by atoms with Gasteiger partial charge in [0.25, 0.3) is 0 Å². The van der Waals surface area contributed by atoms with Crippen LogP contribution in [0.4, 0.5) is 0 Å². The Balaban J connectivity index is 2.69. The maximum atomic E-state index is 11.7.